The highest BCUT2D eigenvalue weighted by atomic mass is 35.5. The number of nitrogens with two attached hydrogens (primary N) is 1. The summed E-state index contributed by atoms with van der Waals surface area (Å²) in [5.74, 6) is 0.705. The van der Waals surface area contributed by atoms with Crippen LogP contribution in [0.5, 0.6) is 0 Å². The van der Waals surface area contributed by atoms with Crippen LogP contribution in [-0.4, -0.2) is 29.5 Å². The lowest BCUT2D eigenvalue weighted by atomic mass is 9.91. The number of halogens is 1. The van der Waals surface area contributed by atoms with E-state index in [0.29, 0.717) is 16.4 Å². The average molecular weight is 481 g/mol. The number of nitrogens with zero attached hydrogens (tertiary/aromatic N) is 2. The Morgan fingerprint density at radius 3 is 2.58 bits per heavy atom. The Hall–Kier alpha value is -2.87. The van der Waals surface area contributed by atoms with E-state index in [1.54, 1.807) is 48.8 Å². The molecule has 1 fully saturated rings. The van der Waals surface area contributed by atoms with Crippen molar-refractivity contribution in [3.63, 3.8) is 0 Å². The summed E-state index contributed by atoms with van der Waals surface area (Å²) in [4.78, 5) is 4.69. The van der Waals surface area contributed by atoms with Crippen molar-refractivity contribution in [3.8, 4) is 11.1 Å². The number of rotatable bonds is 5. The Bertz CT molecular complexity index is 1400. The lowest BCUT2D eigenvalue weighted by Gasteiger charge is -2.27. The van der Waals surface area contributed by atoms with Crippen LogP contribution < -0.4 is 11.1 Å². The minimum Gasteiger partial charge on any atom is -0.367 e. The SMILES string of the molecule is N[C@H]1CCC[C@@H](Nc2cc(-c3cn(S(=O)(=O)c4ccccc4)c4ccccc34)c(Cl)cn2)C1. The van der Waals surface area contributed by atoms with Gasteiger partial charge in [0.15, 0.2) is 0 Å². The minimum absolute atomic E-state index is 0.198. The molecule has 5 rings (SSSR count). The predicted octanol–water partition coefficient (Wildman–Crippen LogP) is 5.28. The Morgan fingerprint density at radius 2 is 1.79 bits per heavy atom. The van der Waals surface area contributed by atoms with Gasteiger partial charge in [-0.3, -0.25) is 0 Å². The molecule has 4 aromatic rings. The molecule has 0 amide bonds. The number of fused-ring (bicyclic) bond motifs is 1. The molecule has 0 spiro atoms. The lowest BCUT2D eigenvalue weighted by Crippen LogP contribution is -2.35. The monoisotopic (exact) mass is 480 g/mol. The Morgan fingerprint density at radius 1 is 1.03 bits per heavy atom. The second-order valence-corrected chi connectivity index (χ2v) is 10.7. The molecule has 3 N–H and O–H groups in total. The third-order valence-electron chi connectivity index (χ3n) is 6.19. The smallest absolute Gasteiger partial charge is 0.268 e. The van der Waals surface area contributed by atoms with E-state index in [1.165, 1.54) is 3.97 Å². The molecule has 8 heteroatoms. The van der Waals surface area contributed by atoms with Crippen molar-refractivity contribution in [2.24, 2.45) is 5.73 Å². The van der Waals surface area contributed by atoms with Crippen molar-refractivity contribution in [3.05, 3.63) is 78.1 Å². The summed E-state index contributed by atoms with van der Waals surface area (Å²) in [6, 6.07) is 18.2. The Labute approximate surface area is 198 Å². The van der Waals surface area contributed by atoms with Crippen LogP contribution in [0, 0.1) is 0 Å². The zero-order chi connectivity index (χ0) is 23.0. The maximum absolute atomic E-state index is 13.4. The summed E-state index contributed by atoms with van der Waals surface area (Å²) in [5.41, 5.74) is 8.20. The molecule has 0 aliphatic heterocycles. The molecule has 1 saturated carbocycles. The van der Waals surface area contributed by atoms with Crippen LogP contribution in [0.4, 0.5) is 5.82 Å². The van der Waals surface area contributed by atoms with Gasteiger partial charge in [0.25, 0.3) is 10.0 Å². The first-order valence-electron chi connectivity index (χ1n) is 11.0. The van der Waals surface area contributed by atoms with E-state index in [-0.39, 0.29) is 17.0 Å². The summed E-state index contributed by atoms with van der Waals surface area (Å²) in [7, 11) is -3.78. The molecule has 0 unspecified atom stereocenters. The molecule has 6 nitrogen and oxygen atoms in total. The fourth-order valence-electron chi connectivity index (χ4n) is 4.56. The van der Waals surface area contributed by atoms with Gasteiger partial charge in [-0.05, 0) is 49.9 Å². The van der Waals surface area contributed by atoms with Crippen molar-refractivity contribution in [2.45, 2.75) is 42.7 Å². The maximum Gasteiger partial charge on any atom is 0.268 e. The molecule has 0 bridgehead atoms. The first kappa shape index (κ1) is 21.9. The zero-order valence-electron chi connectivity index (χ0n) is 18.0. The molecule has 2 atom stereocenters. The minimum atomic E-state index is -3.78. The van der Waals surface area contributed by atoms with Gasteiger partial charge in [0, 0.05) is 41.0 Å². The van der Waals surface area contributed by atoms with Crippen LogP contribution in [-0.2, 0) is 10.0 Å². The molecule has 170 valence electrons. The molecule has 1 aliphatic carbocycles. The lowest BCUT2D eigenvalue weighted by molar-refractivity contribution is 0.409. The number of pyridine rings is 1. The Kier molecular flexibility index (Phi) is 5.86. The van der Waals surface area contributed by atoms with E-state index in [4.69, 9.17) is 17.3 Å². The largest absolute Gasteiger partial charge is 0.367 e. The fraction of sp³-hybridized carbons (Fsp3) is 0.240. The van der Waals surface area contributed by atoms with Gasteiger partial charge in [-0.15, -0.1) is 0 Å². The van der Waals surface area contributed by atoms with Crippen molar-refractivity contribution in [2.75, 3.05) is 5.32 Å². The van der Waals surface area contributed by atoms with Crippen LogP contribution in [0.3, 0.4) is 0 Å². The van der Waals surface area contributed by atoms with Crippen molar-refractivity contribution >= 4 is 38.3 Å². The first-order chi connectivity index (χ1) is 15.9. The average Bonchev–Trinajstić information content (AvgIpc) is 3.21. The van der Waals surface area contributed by atoms with E-state index in [0.717, 1.165) is 42.2 Å². The topological polar surface area (TPSA) is 90.0 Å². The third kappa shape index (κ3) is 4.24. The van der Waals surface area contributed by atoms with Crippen LogP contribution in [0.15, 0.2) is 78.0 Å². The number of benzene rings is 2. The van der Waals surface area contributed by atoms with Gasteiger partial charge in [-0.25, -0.2) is 17.4 Å². The van der Waals surface area contributed by atoms with E-state index < -0.39 is 10.0 Å². The maximum atomic E-state index is 13.4. The molecular formula is C25H25ClN4O2S. The molecular weight excluding hydrogens is 456 g/mol. The van der Waals surface area contributed by atoms with Gasteiger partial charge in [0.1, 0.15) is 5.82 Å². The van der Waals surface area contributed by atoms with E-state index in [2.05, 4.69) is 10.3 Å². The van der Waals surface area contributed by atoms with Gasteiger partial charge in [-0.2, -0.15) is 0 Å². The first-order valence-corrected chi connectivity index (χ1v) is 12.8. The highest BCUT2D eigenvalue weighted by Gasteiger charge is 2.23. The summed E-state index contributed by atoms with van der Waals surface area (Å²) >= 11 is 6.57. The summed E-state index contributed by atoms with van der Waals surface area (Å²) in [5, 5.41) is 4.75. The number of hydrogen-bond donors (Lipinski definition) is 2. The summed E-state index contributed by atoms with van der Waals surface area (Å²) in [6.07, 6.45) is 7.33. The highest BCUT2D eigenvalue weighted by Crippen LogP contribution is 2.37. The van der Waals surface area contributed by atoms with Crippen molar-refractivity contribution in [1.29, 1.82) is 0 Å². The molecule has 0 radical (unpaired) electrons. The molecule has 2 aromatic heterocycles. The fourth-order valence-corrected chi connectivity index (χ4v) is 6.16. The number of nitrogens with one attached hydrogen (secondary N) is 1. The molecule has 0 saturated heterocycles. The Balaban J connectivity index is 1.60. The quantitative estimate of drug-likeness (QED) is 0.406. The van der Waals surface area contributed by atoms with Crippen molar-refractivity contribution in [1.82, 2.24) is 8.96 Å². The number of aromatic nitrogens is 2. The van der Waals surface area contributed by atoms with E-state index in [9.17, 15) is 8.42 Å². The highest BCUT2D eigenvalue weighted by molar-refractivity contribution is 7.90. The zero-order valence-corrected chi connectivity index (χ0v) is 19.6. The van der Waals surface area contributed by atoms with Crippen molar-refractivity contribution < 1.29 is 8.42 Å². The molecule has 2 heterocycles. The second-order valence-electron chi connectivity index (χ2n) is 8.49. The number of para-hydroxylation sites is 1. The molecule has 1 aliphatic rings. The third-order valence-corrected chi connectivity index (χ3v) is 8.18. The summed E-state index contributed by atoms with van der Waals surface area (Å²) in [6.45, 7) is 0. The normalized spacial score (nSPS) is 19.0. The van der Waals surface area contributed by atoms with E-state index >= 15 is 0 Å². The summed E-state index contributed by atoms with van der Waals surface area (Å²) < 4.78 is 28.2. The van der Waals surface area contributed by atoms with Gasteiger partial charge in [-0.1, -0.05) is 48.0 Å². The number of anilines is 1. The molecule has 2 aromatic carbocycles. The van der Waals surface area contributed by atoms with Crippen LogP contribution in [0.25, 0.3) is 22.0 Å². The second kappa shape index (κ2) is 8.82. The standard InChI is InChI=1S/C25H25ClN4O2S/c26-23-15-28-25(29-18-8-6-7-17(27)13-18)14-21(23)22-16-30(24-12-5-4-11-20(22)24)33(31,32)19-9-2-1-3-10-19/h1-5,9-12,14-18H,6-8,13,27H2,(H,28,29)/t17-,18+/m0/s1. The van der Waals surface area contributed by atoms with Gasteiger partial charge >= 0.3 is 0 Å². The van der Waals surface area contributed by atoms with Crippen LogP contribution in [0.1, 0.15) is 25.7 Å². The van der Waals surface area contributed by atoms with Crippen LogP contribution in [0.2, 0.25) is 5.02 Å². The number of hydrogen-bond acceptors (Lipinski definition) is 5. The van der Waals surface area contributed by atoms with Crippen LogP contribution >= 0.6 is 11.6 Å². The van der Waals surface area contributed by atoms with Gasteiger partial charge in [0.05, 0.1) is 15.4 Å². The molecule has 33 heavy (non-hydrogen) atoms. The predicted molar refractivity (Wildman–Crippen MR) is 133 cm³/mol. The van der Waals surface area contributed by atoms with Gasteiger partial charge in [0.2, 0.25) is 0 Å². The van der Waals surface area contributed by atoms with E-state index in [1.807, 2.05) is 24.3 Å². The van der Waals surface area contributed by atoms with Gasteiger partial charge < -0.3 is 11.1 Å².